The van der Waals surface area contributed by atoms with E-state index in [1.165, 1.54) is 0 Å². The van der Waals surface area contributed by atoms with Gasteiger partial charge in [-0.15, -0.1) is 0 Å². The van der Waals surface area contributed by atoms with Crippen molar-refractivity contribution in [2.75, 3.05) is 33.2 Å². The van der Waals surface area contributed by atoms with Crippen molar-refractivity contribution in [2.45, 2.75) is 6.10 Å². The van der Waals surface area contributed by atoms with Gasteiger partial charge in [-0.3, -0.25) is 0 Å². The second-order valence-electron chi connectivity index (χ2n) is 5.57. The molecule has 1 aliphatic heterocycles. The van der Waals surface area contributed by atoms with E-state index < -0.39 is 6.10 Å². The van der Waals surface area contributed by atoms with Crippen molar-refractivity contribution in [3.8, 4) is 11.5 Å². The lowest BCUT2D eigenvalue weighted by Crippen LogP contribution is -2.09. The van der Waals surface area contributed by atoms with Crippen LogP contribution in [0.15, 0.2) is 36.4 Å². The average molecular weight is 313 g/mol. The molecule has 1 heterocycles. The SMILES string of the molecule is COc1ccc(C2OC(=O)c3cc(N(C)C)ccc32)cc1OC. The number of carbonyl (C=O) groups is 1. The van der Waals surface area contributed by atoms with Gasteiger partial charge in [0.25, 0.3) is 0 Å². The van der Waals surface area contributed by atoms with Gasteiger partial charge < -0.3 is 19.1 Å². The Hall–Kier alpha value is -2.69. The van der Waals surface area contributed by atoms with Crippen LogP contribution in [0, 0.1) is 0 Å². The number of carbonyl (C=O) groups excluding carboxylic acids is 1. The lowest BCUT2D eigenvalue weighted by Gasteiger charge is -2.15. The largest absolute Gasteiger partial charge is 0.493 e. The van der Waals surface area contributed by atoms with Crippen molar-refractivity contribution >= 4 is 11.7 Å². The van der Waals surface area contributed by atoms with Crippen molar-refractivity contribution in [3.05, 3.63) is 53.1 Å². The van der Waals surface area contributed by atoms with Gasteiger partial charge in [-0.25, -0.2) is 4.79 Å². The molecular formula is C18H19NO4. The third kappa shape index (κ3) is 2.59. The first-order valence-electron chi connectivity index (χ1n) is 7.29. The molecule has 0 spiro atoms. The highest BCUT2D eigenvalue weighted by Crippen LogP contribution is 2.40. The Morgan fingerprint density at radius 3 is 2.39 bits per heavy atom. The number of nitrogens with zero attached hydrogens (tertiary/aromatic N) is 1. The van der Waals surface area contributed by atoms with Crippen LogP contribution >= 0.6 is 0 Å². The van der Waals surface area contributed by atoms with E-state index in [0.29, 0.717) is 17.1 Å². The summed E-state index contributed by atoms with van der Waals surface area (Å²) in [5.74, 6) is 0.951. The van der Waals surface area contributed by atoms with Crippen molar-refractivity contribution in [1.29, 1.82) is 0 Å². The molecule has 0 aliphatic carbocycles. The maximum Gasteiger partial charge on any atom is 0.339 e. The number of rotatable bonds is 4. The fraction of sp³-hybridized carbons (Fsp3) is 0.278. The fourth-order valence-electron chi connectivity index (χ4n) is 2.73. The van der Waals surface area contributed by atoms with E-state index in [4.69, 9.17) is 14.2 Å². The third-order valence-electron chi connectivity index (χ3n) is 3.99. The minimum Gasteiger partial charge on any atom is -0.493 e. The summed E-state index contributed by atoms with van der Waals surface area (Å²) in [7, 11) is 7.05. The van der Waals surface area contributed by atoms with Crippen LogP contribution in [-0.2, 0) is 4.74 Å². The molecule has 0 bridgehead atoms. The topological polar surface area (TPSA) is 48.0 Å². The van der Waals surface area contributed by atoms with Crippen LogP contribution in [0.25, 0.3) is 0 Å². The molecule has 5 heteroatoms. The van der Waals surface area contributed by atoms with Crippen LogP contribution in [0.2, 0.25) is 0 Å². The number of anilines is 1. The van der Waals surface area contributed by atoms with E-state index in [0.717, 1.165) is 16.8 Å². The molecule has 0 fully saturated rings. The maximum absolute atomic E-state index is 12.2. The van der Waals surface area contributed by atoms with Gasteiger partial charge in [-0.05, 0) is 24.3 Å². The average Bonchev–Trinajstić information content (AvgIpc) is 2.90. The van der Waals surface area contributed by atoms with Gasteiger partial charge in [0.1, 0.15) is 0 Å². The molecule has 3 rings (SSSR count). The zero-order valence-corrected chi connectivity index (χ0v) is 13.6. The Morgan fingerprint density at radius 1 is 1.00 bits per heavy atom. The van der Waals surface area contributed by atoms with Crippen molar-refractivity contribution in [3.63, 3.8) is 0 Å². The molecule has 1 atom stereocenters. The van der Waals surface area contributed by atoms with E-state index in [9.17, 15) is 4.79 Å². The molecule has 2 aromatic rings. The van der Waals surface area contributed by atoms with Gasteiger partial charge in [0, 0.05) is 30.9 Å². The van der Waals surface area contributed by atoms with Crippen molar-refractivity contribution in [1.82, 2.24) is 0 Å². The summed E-state index contributed by atoms with van der Waals surface area (Å²) >= 11 is 0. The second kappa shape index (κ2) is 5.83. The number of ether oxygens (including phenoxy) is 3. The smallest absolute Gasteiger partial charge is 0.339 e. The number of cyclic esters (lactones) is 1. The predicted octanol–water partition coefficient (Wildman–Crippen LogP) is 3.03. The maximum atomic E-state index is 12.2. The molecular weight excluding hydrogens is 294 g/mol. The second-order valence-corrected chi connectivity index (χ2v) is 5.57. The molecule has 2 aromatic carbocycles. The summed E-state index contributed by atoms with van der Waals surface area (Å²) in [6.07, 6.45) is -0.423. The van der Waals surface area contributed by atoms with Gasteiger partial charge >= 0.3 is 5.97 Å². The molecule has 120 valence electrons. The fourth-order valence-corrected chi connectivity index (χ4v) is 2.73. The molecule has 0 N–H and O–H groups in total. The van der Waals surface area contributed by atoms with Crippen LogP contribution in [0.1, 0.15) is 27.6 Å². The molecule has 0 radical (unpaired) electrons. The Kier molecular flexibility index (Phi) is 3.86. The normalized spacial score (nSPS) is 15.8. The number of benzene rings is 2. The number of hydrogen-bond acceptors (Lipinski definition) is 5. The van der Waals surface area contributed by atoms with Gasteiger partial charge in [0.15, 0.2) is 17.6 Å². The monoisotopic (exact) mass is 313 g/mol. The van der Waals surface area contributed by atoms with Gasteiger partial charge in [-0.2, -0.15) is 0 Å². The van der Waals surface area contributed by atoms with E-state index in [-0.39, 0.29) is 5.97 Å². The number of fused-ring (bicyclic) bond motifs is 1. The summed E-state index contributed by atoms with van der Waals surface area (Å²) in [6.45, 7) is 0. The molecule has 1 unspecified atom stereocenters. The Bertz CT molecular complexity index is 755. The molecule has 0 aromatic heterocycles. The first-order valence-corrected chi connectivity index (χ1v) is 7.29. The summed E-state index contributed by atoms with van der Waals surface area (Å²) in [5, 5.41) is 0. The summed E-state index contributed by atoms with van der Waals surface area (Å²) in [6, 6.07) is 11.3. The van der Waals surface area contributed by atoms with Gasteiger partial charge in [-0.1, -0.05) is 12.1 Å². The summed E-state index contributed by atoms with van der Waals surface area (Å²) in [4.78, 5) is 14.2. The van der Waals surface area contributed by atoms with Crippen LogP contribution in [0.4, 0.5) is 5.69 Å². The van der Waals surface area contributed by atoms with E-state index in [2.05, 4.69) is 0 Å². The lowest BCUT2D eigenvalue weighted by molar-refractivity contribution is 0.0455. The van der Waals surface area contributed by atoms with Crippen LogP contribution < -0.4 is 14.4 Å². The Morgan fingerprint density at radius 2 is 1.74 bits per heavy atom. The molecule has 0 amide bonds. The van der Waals surface area contributed by atoms with E-state index in [1.54, 1.807) is 14.2 Å². The van der Waals surface area contributed by atoms with Crippen LogP contribution in [0.3, 0.4) is 0 Å². The van der Waals surface area contributed by atoms with Crippen LogP contribution in [-0.4, -0.2) is 34.3 Å². The molecule has 0 saturated carbocycles. The van der Waals surface area contributed by atoms with E-state index >= 15 is 0 Å². The van der Waals surface area contributed by atoms with Gasteiger partial charge in [0.2, 0.25) is 0 Å². The quantitative estimate of drug-likeness (QED) is 0.812. The number of esters is 1. The highest BCUT2D eigenvalue weighted by Gasteiger charge is 2.33. The third-order valence-corrected chi connectivity index (χ3v) is 3.99. The van der Waals surface area contributed by atoms with Crippen molar-refractivity contribution < 1.29 is 19.0 Å². The van der Waals surface area contributed by atoms with E-state index in [1.807, 2.05) is 55.4 Å². The first-order chi connectivity index (χ1) is 11.0. The standard InChI is InChI=1S/C18H19NO4/c1-19(2)12-6-7-13-14(10-12)18(20)23-17(13)11-5-8-15(21-3)16(9-11)22-4/h5-10,17H,1-4H3. The minimum absolute atomic E-state index is 0.302. The highest BCUT2D eigenvalue weighted by molar-refractivity contribution is 5.95. The van der Waals surface area contributed by atoms with Gasteiger partial charge in [0.05, 0.1) is 19.8 Å². The summed E-state index contributed by atoms with van der Waals surface area (Å²) in [5.41, 5.74) is 3.30. The minimum atomic E-state index is -0.423. The Balaban J connectivity index is 2.03. The molecule has 5 nitrogen and oxygen atoms in total. The molecule has 1 aliphatic rings. The lowest BCUT2D eigenvalue weighted by atomic mass is 9.98. The van der Waals surface area contributed by atoms with Crippen molar-refractivity contribution in [2.24, 2.45) is 0 Å². The zero-order chi connectivity index (χ0) is 16.6. The Labute approximate surface area is 135 Å². The predicted molar refractivity (Wildman–Crippen MR) is 87.6 cm³/mol. The number of methoxy groups -OCH3 is 2. The first kappa shape index (κ1) is 15.2. The molecule has 0 saturated heterocycles. The highest BCUT2D eigenvalue weighted by atomic mass is 16.5. The van der Waals surface area contributed by atoms with Crippen LogP contribution in [0.5, 0.6) is 11.5 Å². The number of hydrogen-bond donors (Lipinski definition) is 0. The molecule has 23 heavy (non-hydrogen) atoms. The summed E-state index contributed by atoms with van der Waals surface area (Å²) < 4.78 is 16.1. The zero-order valence-electron chi connectivity index (χ0n) is 13.6.